The molecule has 3 nitrogen and oxygen atoms in total. The molecule has 0 spiro atoms. The van der Waals surface area contributed by atoms with Crippen LogP contribution in [0.4, 0.5) is 4.39 Å². The molecule has 0 saturated heterocycles. The first-order valence-corrected chi connectivity index (χ1v) is 8.01. The second-order valence-corrected chi connectivity index (χ2v) is 5.83. The van der Waals surface area contributed by atoms with Crippen molar-refractivity contribution in [1.82, 2.24) is 5.32 Å². The van der Waals surface area contributed by atoms with Gasteiger partial charge in [-0.2, -0.15) is 0 Å². The van der Waals surface area contributed by atoms with Gasteiger partial charge in [0, 0.05) is 17.2 Å². The van der Waals surface area contributed by atoms with Gasteiger partial charge in [0.05, 0.1) is 0 Å². The zero-order valence-corrected chi connectivity index (χ0v) is 13.1. The van der Waals surface area contributed by atoms with E-state index in [1.807, 2.05) is 30.3 Å². The van der Waals surface area contributed by atoms with Gasteiger partial charge in [-0.3, -0.25) is 4.79 Å². The van der Waals surface area contributed by atoms with Gasteiger partial charge in [-0.15, -0.1) is 11.8 Å². The molecule has 5 heteroatoms. The molecule has 0 heterocycles. The molecule has 0 aliphatic carbocycles. The normalized spacial score (nSPS) is 11.7. The standard InChI is InChI=1S/C17H18FNO2S/c1-13(21-15-9-7-14(18)8-10-15)17(20)19-11-12-22-16-5-3-2-4-6-16/h2-10,13H,11-12H2,1H3,(H,19,20)/t13-/m1/s1. The molecule has 2 rings (SSSR count). The first-order chi connectivity index (χ1) is 10.6. The monoisotopic (exact) mass is 319 g/mol. The quantitative estimate of drug-likeness (QED) is 0.627. The highest BCUT2D eigenvalue weighted by Gasteiger charge is 2.13. The summed E-state index contributed by atoms with van der Waals surface area (Å²) in [6, 6.07) is 15.6. The molecule has 116 valence electrons. The minimum absolute atomic E-state index is 0.182. The summed E-state index contributed by atoms with van der Waals surface area (Å²) in [6.07, 6.45) is -0.618. The lowest BCUT2D eigenvalue weighted by atomic mass is 10.3. The average Bonchev–Trinajstić information content (AvgIpc) is 2.54. The summed E-state index contributed by atoms with van der Waals surface area (Å²) in [4.78, 5) is 13.1. The zero-order valence-electron chi connectivity index (χ0n) is 12.3. The number of hydrogen-bond acceptors (Lipinski definition) is 3. The van der Waals surface area contributed by atoms with Gasteiger partial charge in [-0.1, -0.05) is 18.2 Å². The SMILES string of the molecule is C[C@@H](Oc1ccc(F)cc1)C(=O)NCCSc1ccccc1. The highest BCUT2D eigenvalue weighted by Crippen LogP contribution is 2.16. The number of carbonyl (C=O) groups is 1. The Balaban J connectivity index is 1.69. The number of carbonyl (C=O) groups excluding carboxylic acids is 1. The highest BCUT2D eigenvalue weighted by atomic mass is 32.2. The molecule has 0 aromatic heterocycles. The molecule has 0 unspecified atom stereocenters. The summed E-state index contributed by atoms with van der Waals surface area (Å²) in [6.45, 7) is 2.23. The third kappa shape index (κ3) is 5.41. The lowest BCUT2D eigenvalue weighted by Gasteiger charge is -2.14. The maximum Gasteiger partial charge on any atom is 0.260 e. The van der Waals surface area contributed by atoms with Gasteiger partial charge < -0.3 is 10.1 Å². The molecule has 0 saturated carbocycles. The van der Waals surface area contributed by atoms with E-state index >= 15 is 0 Å². The summed E-state index contributed by atoms with van der Waals surface area (Å²) < 4.78 is 18.3. The zero-order chi connectivity index (χ0) is 15.8. The predicted molar refractivity (Wildman–Crippen MR) is 86.7 cm³/mol. The molecule has 1 amide bonds. The number of hydrogen-bond donors (Lipinski definition) is 1. The van der Waals surface area contributed by atoms with Gasteiger partial charge in [0.25, 0.3) is 5.91 Å². The van der Waals surface area contributed by atoms with Crippen LogP contribution in [0.1, 0.15) is 6.92 Å². The van der Waals surface area contributed by atoms with Crippen LogP contribution in [0.2, 0.25) is 0 Å². The summed E-state index contributed by atoms with van der Waals surface area (Å²) in [5.74, 6) is 0.752. The van der Waals surface area contributed by atoms with Crippen LogP contribution in [-0.2, 0) is 4.79 Å². The van der Waals surface area contributed by atoms with Crippen molar-refractivity contribution in [2.75, 3.05) is 12.3 Å². The molecule has 1 N–H and O–H groups in total. The second-order valence-electron chi connectivity index (χ2n) is 4.67. The fourth-order valence-corrected chi connectivity index (χ4v) is 2.56. The Morgan fingerprint density at radius 3 is 2.55 bits per heavy atom. The van der Waals surface area contributed by atoms with Gasteiger partial charge >= 0.3 is 0 Å². The van der Waals surface area contributed by atoms with Crippen LogP contribution in [0.15, 0.2) is 59.5 Å². The predicted octanol–water partition coefficient (Wildman–Crippen LogP) is 3.50. The Labute approximate surface area is 133 Å². The number of amides is 1. The van der Waals surface area contributed by atoms with Crippen molar-refractivity contribution in [2.45, 2.75) is 17.9 Å². The fraction of sp³-hybridized carbons (Fsp3) is 0.235. The van der Waals surface area contributed by atoms with Gasteiger partial charge in [-0.25, -0.2) is 4.39 Å². The lowest BCUT2D eigenvalue weighted by Crippen LogP contribution is -2.37. The Bertz CT molecular complexity index is 589. The van der Waals surface area contributed by atoms with Crippen molar-refractivity contribution in [2.24, 2.45) is 0 Å². The largest absolute Gasteiger partial charge is 0.481 e. The number of ether oxygens (including phenoxy) is 1. The van der Waals surface area contributed by atoms with Crippen molar-refractivity contribution in [3.8, 4) is 5.75 Å². The second kappa shape index (κ2) is 8.44. The Morgan fingerprint density at radius 1 is 1.18 bits per heavy atom. The molecule has 0 fully saturated rings. The topological polar surface area (TPSA) is 38.3 Å². The maximum absolute atomic E-state index is 12.8. The van der Waals surface area contributed by atoms with Crippen molar-refractivity contribution in [1.29, 1.82) is 0 Å². The number of benzene rings is 2. The van der Waals surface area contributed by atoms with Crippen LogP contribution in [-0.4, -0.2) is 24.3 Å². The average molecular weight is 319 g/mol. The van der Waals surface area contributed by atoms with Crippen LogP contribution in [0.3, 0.4) is 0 Å². The van der Waals surface area contributed by atoms with Crippen LogP contribution >= 0.6 is 11.8 Å². The molecular weight excluding hydrogens is 301 g/mol. The number of thioether (sulfide) groups is 1. The lowest BCUT2D eigenvalue weighted by molar-refractivity contribution is -0.127. The third-order valence-electron chi connectivity index (χ3n) is 2.91. The summed E-state index contributed by atoms with van der Waals surface area (Å²) in [5, 5.41) is 2.83. The minimum Gasteiger partial charge on any atom is -0.481 e. The fourth-order valence-electron chi connectivity index (χ4n) is 1.77. The highest BCUT2D eigenvalue weighted by molar-refractivity contribution is 7.99. The van der Waals surface area contributed by atoms with Gasteiger partial charge in [0.2, 0.25) is 0 Å². The van der Waals surface area contributed by atoms with Crippen LogP contribution < -0.4 is 10.1 Å². The number of halogens is 1. The van der Waals surface area contributed by atoms with Crippen molar-refractivity contribution >= 4 is 17.7 Å². The van der Waals surface area contributed by atoms with E-state index in [2.05, 4.69) is 5.32 Å². The smallest absolute Gasteiger partial charge is 0.260 e. The van der Waals surface area contributed by atoms with E-state index in [-0.39, 0.29) is 11.7 Å². The third-order valence-corrected chi connectivity index (χ3v) is 3.92. The molecular formula is C17H18FNO2S. The van der Waals surface area contributed by atoms with Crippen LogP contribution in [0.25, 0.3) is 0 Å². The number of rotatable bonds is 7. The van der Waals surface area contributed by atoms with E-state index in [0.29, 0.717) is 12.3 Å². The van der Waals surface area contributed by atoms with Crippen molar-refractivity contribution in [3.63, 3.8) is 0 Å². The number of nitrogens with one attached hydrogen (secondary N) is 1. The Morgan fingerprint density at radius 2 is 1.86 bits per heavy atom. The van der Waals surface area contributed by atoms with E-state index < -0.39 is 6.10 Å². The molecule has 0 bridgehead atoms. The van der Waals surface area contributed by atoms with E-state index in [4.69, 9.17) is 4.74 Å². The maximum atomic E-state index is 12.8. The van der Waals surface area contributed by atoms with Gasteiger partial charge in [0.1, 0.15) is 11.6 Å². The summed E-state index contributed by atoms with van der Waals surface area (Å²) in [7, 11) is 0. The summed E-state index contributed by atoms with van der Waals surface area (Å²) in [5.41, 5.74) is 0. The molecule has 2 aromatic carbocycles. The summed E-state index contributed by atoms with van der Waals surface area (Å²) >= 11 is 1.68. The molecule has 1 atom stereocenters. The van der Waals surface area contributed by atoms with Crippen molar-refractivity contribution < 1.29 is 13.9 Å². The van der Waals surface area contributed by atoms with E-state index in [9.17, 15) is 9.18 Å². The van der Waals surface area contributed by atoms with E-state index in [1.165, 1.54) is 29.2 Å². The van der Waals surface area contributed by atoms with Gasteiger partial charge in [0.15, 0.2) is 6.10 Å². The van der Waals surface area contributed by atoms with Crippen LogP contribution in [0.5, 0.6) is 5.75 Å². The molecule has 2 aromatic rings. The first kappa shape index (κ1) is 16.4. The molecule has 22 heavy (non-hydrogen) atoms. The molecule has 0 aliphatic heterocycles. The molecule has 0 radical (unpaired) electrons. The van der Waals surface area contributed by atoms with E-state index in [0.717, 1.165) is 5.75 Å². The van der Waals surface area contributed by atoms with Crippen molar-refractivity contribution in [3.05, 3.63) is 60.4 Å². The minimum atomic E-state index is -0.618. The van der Waals surface area contributed by atoms with Crippen LogP contribution in [0, 0.1) is 5.82 Å². The van der Waals surface area contributed by atoms with Gasteiger partial charge in [-0.05, 0) is 43.3 Å². The van der Waals surface area contributed by atoms with E-state index in [1.54, 1.807) is 18.7 Å². The Hall–Kier alpha value is -2.01. The first-order valence-electron chi connectivity index (χ1n) is 7.03. The molecule has 0 aliphatic rings. The Kier molecular flexibility index (Phi) is 6.27.